The average Bonchev–Trinajstić information content (AvgIpc) is 3.80. The molecule has 0 saturated heterocycles. The highest BCUT2D eigenvalue weighted by Crippen LogP contribution is 2.65. The van der Waals surface area contributed by atoms with Crippen LogP contribution in [0.3, 0.4) is 0 Å². The van der Waals surface area contributed by atoms with Gasteiger partial charge in [0, 0.05) is 58.2 Å². The molecule has 0 N–H and O–H groups in total. The van der Waals surface area contributed by atoms with E-state index in [-0.39, 0.29) is 10.2 Å². The first-order chi connectivity index (χ1) is 29.8. The van der Waals surface area contributed by atoms with E-state index in [0.29, 0.717) is 6.42 Å². The van der Waals surface area contributed by atoms with Crippen molar-refractivity contribution in [2.75, 3.05) is 0 Å². The maximum absolute atomic E-state index is 5.53. The minimum absolute atomic E-state index is 0.0855. The van der Waals surface area contributed by atoms with Crippen LogP contribution in [0.2, 0.25) is 0 Å². The summed E-state index contributed by atoms with van der Waals surface area (Å²) in [7, 11) is 0. The van der Waals surface area contributed by atoms with Crippen molar-refractivity contribution in [2.24, 2.45) is 9.98 Å². The third-order valence-electron chi connectivity index (χ3n) is 14.3. The molecule has 296 valence electrons. The number of hydrogen-bond donors (Lipinski definition) is 0. The first kappa shape index (κ1) is 36.9. The number of fused-ring (bicyclic) bond motifs is 9. The van der Waals surface area contributed by atoms with Gasteiger partial charge in [0.2, 0.25) is 0 Å². The SMILES string of the molecule is CC1(c2ccc(-c3cccc4c3sc3ccccc34)cc2)CC(c2ccc(-c3nc4cc5ccccc5cc4c4c3SC3(C)CCCCC43C)cc2)=NC(c2ccccc2)=N1. The Kier molecular flexibility index (Phi) is 8.37. The van der Waals surface area contributed by atoms with Gasteiger partial charge in [0.1, 0.15) is 0 Å². The summed E-state index contributed by atoms with van der Waals surface area (Å²) in [5, 5.41) is 6.49. The summed E-state index contributed by atoms with van der Waals surface area (Å²) >= 11 is 3.97. The van der Waals surface area contributed by atoms with E-state index in [1.165, 1.54) is 89.2 Å². The molecule has 1 fully saturated rings. The summed E-state index contributed by atoms with van der Waals surface area (Å²) in [6.07, 6.45) is 5.69. The second-order valence-corrected chi connectivity index (χ2v) is 20.6. The van der Waals surface area contributed by atoms with Crippen molar-refractivity contribution >= 4 is 76.5 Å². The van der Waals surface area contributed by atoms with Crippen LogP contribution in [0.25, 0.3) is 64.2 Å². The van der Waals surface area contributed by atoms with Crippen molar-refractivity contribution in [2.45, 2.75) is 73.5 Å². The van der Waals surface area contributed by atoms with Crippen LogP contribution < -0.4 is 0 Å². The minimum atomic E-state index is -0.510. The molecule has 3 nitrogen and oxygen atoms in total. The lowest BCUT2D eigenvalue weighted by molar-refractivity contribution is 0.262. The van der Waals surface area contributed by atoms with E-state index in [4.69, 9.17) is 15.0 Å². The highest BCUT2D eigenvalue weighted by molar-refractivity contribution is 8.01. The second kappa shape index (κ2) is 13.8. The zero-order valence-corrected chi connectivity index (χ0v) is 36.3. The monoisotopic (exact) mass is 823 g/mol. The Labute approximate surface area is 365 Å². The number of rotatable bonds is 5. The van der Waals surface area contributed by atoms with Gasteiger partial charge in [-0.15, -0.1) is 23.1 Å². The van der Waals surface area contributed by atoms with Crippen LogP contribution in [-0.2, 0) is 11.0 Å². The second-order valence-electron chi connectivity index (χ2n) is 18.0. The molecular formula is C56H45N3S2. The van der Waals surface area contributed by atoms with Gasteiger partial charge in [0.15, 0.2) is 5.84 Å². The standard InChI is InChI=1S/C56H45N3S2/c1-54-30-11-12-31-56(54,3)61-52-49(54)45-32-39-16-7-8-17-40(39)33-46(45)57-50(52)37-24-22-36(23-25-37)47-34-55(2,59-53(58-47)38-14-5-4-6-15-38)41-28-26-35(27-29-41)42-19-13-20-44-43-18-9-10-21-48(43)60-51(42)44/h4-10,13-29,32-33H,11-12,30-31,34H2,1-3H3. The summed E-state index contributed by atoms with van der Waals surface area (Å²) in [6, 6.07) is 57.6. The van der Waals surface area contributed by atoms with Gasteiger partial charge in [-0.2, -0.15) is 0 Å². The number of nitrogens with zero attached hydrogens (tertiary/aromatic N) is 3. The number of hydrogen-bond acceptors (Lipinski definition) is 5. The maximum Gasteiger partial charge on any atom is 0.155 e. The van der Waals surface area contributed by atoms with Gasteiger partial charge in [0.25, 0.3) is 0 Å². The van der Waals surface area contributed by atoms with Crippen LogP contribution >= 0.6 is 23.1 Å². The molecule has 0 bridgehead atoms. The number of aliphatic imine (C=N–C) groups is 2. The zero-order chi connectivity index (χ0) is 40.9. The Hall–Kier alpha value is -5.88. The van der Waals surface area contributed by atoms with Crippen molar-refractivity contribution in [1.82, 2.24) is 4.98 Å². The fourth-order valence-electron chi connectivity index (χ4n) is 10.7. The molecule has 0 amide bonds. The van der Waals surface area contributed by atoms with E-state index in [9.17, 15) is 0 Å². The molecule has 4 heterocycles. The Bertz CT molecular complexity index is 3290. The number of thioether (sulfide) groups is 1. The fraction of sp³-hybridized carbons (Fsp3) is 0.196. The molecule has 3 aliphatic rings. The molecular weight excluding hydrogens is 779 g/mol. The molecule has 2 aromatic heterocycles. The van der Waals surface area contributed by atoms with E-state index in [1.807, 2.05) is 11.3 Å². The van der Waals surface area contributed by atoms with Crippen molar-refractivity contribution in [3.63, 3.8) is 0 Å². The van der Waals surface area contributed by atoms with Crippen molar-refractivity contribution in [1.29, 1.82) is 0 Å². The molecule has 2 aliphatic heterocycles. The molecule has 9 aromatic rings. The summed E-state index contributed by atoms with van der Waals surface area (Å²) in [6.45, 7) is 7.32. The zero-order valence-electron chi connectivity index (χ0n) is 34.7. The minimum Gasteiger partial charge on any atom is -0.254 e. The normalized spacial score (nSPS) is 22.3. The lowest BCUT2D eigenvalue weighted by atomic mass is 9.63. The lowest BCUT2D eigenvalue weighted by Gasteiger charge is -2.45. The molecule has 3 unspecified atom stereocenters. The third kappa shape index (κ3) is 5.81. The topological polar surface area (TPSA) is 37.6 Å². The van der Waals surface area contributed by atoms with Gasteiger partial charge in [-0.05, 0) is 83.5 Å². The van der Waals surface area contributed by atoms with Gasteiger partial charge in [-0.1, -0.05) is 159 Å². The first-order valence-corrected chi connectivity index (χ1v) is 23.3. The largest absolute Gasteiger partial charge is 0.254 e. The summed E-state index contributed by atoms with van der Waals surface area (Å²) in [5.41, 5.74) is 11.3. The molecule has 0 radical (unpaired) electrons. The quantitative estimate of drug-likeness (QED) is 0.162. The first-order valence-electron chi connectivity index (χ1n) is 21.7. The van der Waals surface area contributed by atoms with Crippen LogP contribution in [0.1, 0.15) is 75.1 Å². The Morgan fingerprint density at radius 3 is 2.08 bits per heavy atom. The highest BCUT2D eigenvalue weighted by Gasteiger charge is 2.55. The highest BCUT2D eigenvalue weighted by atomic mass is 32.2. The lowest BCUT2D eigenvalue weighted by Crippen LogP contribution is -2.43. The van der Waals surface area contributed by atoms with E-state index < -0.39 is 5.54 Å². The number of benzene rings is 7. The molecule has 5 heteroatoms. The Morgan fingerprint density at radius 1 is 0.574 bits per heavy atom. The van der Waals surface area contributed by atoms with E-state index in [1.54, 1.807) is 0 Å². The van der Waals surface area contributed by atoms with Crippen molar-refractivity contribution in [3.8, 4) is 22.4 Å². The van der Waals surface area contributed by atoms with Crippen LogP contribution in [0.4, 0.5) is 0 Å². The number of aromatic nitrogens is 1. The average molecular weight is 824 g/mol. The van der Waals surface area contributed by atoms with Crippen molar-refractivity contribution < 1.29 is 0 Å². The molecule has 7 aromatic carbocycles. The van der Waals surface area contributed by atoms with Crippen LogP contribution in [0.15, 0.2) is 173 Å². The van der Waals surface area contributed by atoms with Gasteiger partial charge < -0.3 is 0 Å². The molecule has 0 spiro atoms. The van der Waals surface area contributed by atoms with Crippen molar-refractivity contribution in [3.05, 3.63) is 180 Å². The maximum atomic E-state index is 5.53. The summed E-state index contributed by atoms with van der Waals surface area (Å²) < 4.78 is 2.80. The number of thiophene rings is 1. The molecule has 3 atom stereocenters. The van der Waals surface area contributed by atoms with Crippen LogP contribution in [0, 0.1) is 0 Å². The van der Waals surface area contributed by atoms with Gasteiger partial charge in [-0.25, -0.2) is 9.98 Å². The third-order valence-corrected chi connectivity index (χ3v) is 17.2. The molecule has 1 aliphatic carbocycles. The van der Waals surface area contributed by atoms with Crippen LogP contribution in [0.5, 0.6) is 0 Å². The predicted octanol–water partition coefficient (Wildman–Crippen LogP) is 15.3. The van der Waals surface area contributed by atoms with E-state index >= 15 is 0 Å². The molecule has 61 heavy (non-hydrogen) atoms. The van der Waals surface area contributed by atoms with Gasteiger partial charge in [-0.3, -0.25) is 4.99 Å². The van der Waals surface area contributed by atoms with Gasteiger partial charge in [0.05, 0.1) is 22.5 Å². The molecule has 12 rings (SSSR count). The Morgan fingerprint density at radius 2 is 1.26 bits per heavy atom. The summed E-state index contributed by atoms with van der Waals surface area (Å²) in [5.74, 6) is 0.772. The smallest absolute Gasteiger partial charge is 0.155 e. The summed E-state index contributed by atoms with van der Waals surface area (Å²) in [4.78, 5) is 17.6. The predicted molar refractivity (Wildman–Crippen MR) is 261 cm³/mol. The fourth-order valence-corrected chi connectivity index (χ4v) is 13.7. The van der Waals surface area contributed by atoms with E-state index in [2.05, 4.69) is 190 Å². The van der Waals surface area contributed by atoms with Crippen LogP contribution in [-0.4, -0.2) is 21.3 Å². The number of pyridine rings is 1. The van der Waals surface area contributed by atoms with Gasteiger partial charge >= 0.3 is 0 Å². The Balaban J connectivity index is 0.930. The molecule has 1 saturated carbocycles. The number of amidine groups is 1. The van der Waals surface area contributed by atoms with E-state index in [0.717, 1.165) is 39.4 Å².